The van der Waals surface area contributed by atoms with Crippen molar-refractivity contribution in [1.82, 2.24) is 0 Å². The summed E-state index contributed by atoms with van der Waals surface area (Å²) >= 11 is 0. The summed E-state index contributed by atoms with van der Waals surface area (Å²) in [6.45, 7) is 1.74. The van der Waals surface area contributed by atoms with Crippen LogP contribution in [0.4, 0.5) is 13.2 Å². The molecular weight excluding hydrogens is 205 g/mol. The maximum Gasteiger partial charge on any atom is 0.419 e. The predicted molar refractivity (Wildman–Crippen MR) is 52.2 cm³/mol. The Morgan fingerprint density at radius 2 is 2.00 bits per heavy atom. The molecule has 82 valence electrons. The van der Waals surface area contributed by atoms with E-state index in [1.165, 1.54) is 19.2 Å². The quantitative estimate of drug-likeness (QED) is 0.687. The molecule has 1 aromatic carbocycles. The third-order valence-corrected chi connectivity index (χ3v) is 1.87. The number of aryl methyl sites for hydroxylation is 1. The van der Waals surface area contributed by atoms with E-state index in [2.05, 4.69) is 4.74 Å². The summed E-state index contributed by atoms with van der Waals surface area (Å²) in [5.74, 6) is 0. The Labute approximate surface area is 86.2 Å². The zero-order valence-electron chi connectivity index (χ0n) is 8.43. The molecule has 15 heavy (non-hydrogen) atoms. The van der Waals surface area contributed by atoms with Crippen molar-refractivity contribution in [2.75, 3.05) is 7.11 Å². The number of rotatable bonds is 2. The van der Waals surface area contributed by atoms with Gasteiger partial charge in [0.25, 0.3) is 0 Å². The molecule has 0 saturated carbocycles. The van der Waals surface area contributed by atoms with Crippen LogP contribution in [0.25, 0.3) is 5.57 Å². The van der Waals surface area contributed by atoms with Crippen molar-refractivity contribution in [3.63, 3.8) is 0 Å². The number of allylic oxidation sites excluding steroid dienone is 1. The highest BCUT2D eigenvalue weighted by Gasteiger charge is 2.35. The molecule has 4 heteroatoms. The van der Waals surface area contributed by atoms with Gasteiger partial charge in [0.15, 0.2) is 0 Å². The van der Waals surface area contributed by atoms with E-state index in [1.54, 1.807) is 19.1 Å². The second-order valence-electron chi connectivity index (χ2n) is 3.13. The molecule has 0 aliphatic carbocycles. The van der Waals surface area contributed by atoms with Gasteiger partial charge in [-0.05, 0) is 12.5 Å². The van der Waals surface area contributed by atoms with Gasteiger partial charge in [0.05, 0.1) is 18.9 Å². The van der Waals surface area contributed by atoms with Crippen LogP contribution in [0.2, 0.25) is 0 Å². The monoisotopic (exact) mass is 216 g/mol. The van der Waals surface area contributed by atoms with Gasteiger partial charge in [-0.1, -0.05) is 29.8 Å². The van der Waals surface area contributed by atoms with E-state index in [4.69, 9.17) is 0 Å². The van der Waals surface area contributed by atoms with Crippen molar-refractivity contribution in [3.05, 3.63) is 41.7 Å². The molecule has 0 spiro atoms. The van der Waals surface area contributed by atoms with Gasteiger partial charge in [-0.15, -0.1) is 0 Å². The van der Waals surface area contributed by atoms with Crippen LogP contribution in [-0.4, -0.2) is 13.3 Å². The molecule has 0 fully saturated rings. The molecule has 0 bridgehead atoms. The standard InChI is InChI=1S/C11H11F3O/c1-8-4-3-5-9(6-8)10(7-15-2)11(12,13)14/h3-7H,1-2H3. The normalized spacial score (nSPS) is 12.7. The minimum Gasteiger partial charge on any atom is -0.504 e. The summed E-state index contributed by atoms with van der Waals surface area (Å²) in [5, 5.41) is 0. The Kier molecular flexibility index (Phi) is 3.39. The Morgan fingerprint density at radius 3 is 2.47 bits per heavy atom. The zero-order chi connectivity index (χ0) is 11.5. The number of hydrogen-bond donors (Lipinski definition) is 0. The first-order valence-electron chi connectivity index (χ1n) is 4.32. The van der Waals surface area contributed by atoms with Crippen molar-refractivity contribution in [2.45, 2.75) is 13.1 Å². The lowest BCUT2D eigenvalue weighted by Gasteiger charge is -2.11. The second kappa shape index (κ2) is 4.38. The van der Waals surface area contributed by atoms with E-state index >= 15 is 0 Å². The van der Waals surface area contributed by atoms with Crippen LogP contribution >= 0.6 is 0 Å². The van der Waals surface area contributed by atoms with Crippen molar-refractivity contribution in [2.24, 2.45) is 0 Å². The summed E-state index contributed by atoms with van der Waals surface area (Å²) in [5.41, 5.74) is 0.122. The SMILES string of the molecule is COC=C(c1cccc(C)c1)C(F)(F)F. The lowest BCUT2D eigenvalue weighted by Crippen LogP contribution is -2.11. The van der Waals surface area contributed by atoms with Crippen LogP contribution in [0.3, 0.4) is 0 Å². The Morgan fingerprint density at radius 1 is 1.33 bits per heavy atom. The fourth-order valence-corrected chi connectivity index (χ4v) is 1.23. The van der Waals surface area contributed by atoms with Gasteiger partial charge in [0.2, 0.25) is 0 Å². The molecule has 0 radical (unpaired) electrons. The van der Waals surface area contributed by atoms with Crippen LogP contribution in [-0.2, 0) is 4.74 Å². The molecular formula is C11H11F3O. The third-order valence-electron chi connectivity index (χ3n) is 1.87. The molecule has 0 amide bonds. The van der Waals surface area contributed by atoms with Crippen LogP contribution in [0.1, 0.15) is 11.1 Å². The largest absolute Gasteiger partial charge is 0.504 e. The minimum absolute atomic E-state index is 0.115. The molecule has 0 N–H and O–H groups in total. The molecule has 0 unspecified atom stereocenters. The zero-order valence-corrected chi connectivity index (χ0v) is 8.43. The third kappa shape index (κ3) is 3.01. The maximum absolute atomic E-state index is 12.6. The van der Waals surface area contributed by atoms with Gasteiger partial charge in [-0.3, -0.25) is 0 Å². The van der Waals surface area contributed by atoms with Gasteiger partial charge in [-0.25, -0.2) is 0 Å². The minimum atomic E-state index is -4.40. The van der Waals surface area contributed by atoms with Crippen molar-refractivity contribution in [3.8, 4) is 0 Å². The highest BCUT2D eigenvalue weighted by atomic mass is 19.4. The van der Waals surface area contributed by atoms with E-state index in [-0.39, 0.29) is 5.56 Å². The van der Waals surface area contributed by atoms with Gasteiger partial charge < -0.3 is 4.74 Å². The molecule has 0 atom stereocenters. The van der Waals surface area contributed by atoms with E-state index in [0.717, 1.165) is 11.8 Å². The van der Waals surface area contributed by atoms with Gasteiger partial charge in [0, 0.05) is 0 Å². The van der Waals surface area contributed by atoms with E-state index < -0.39 is 11.7 Å². The number of benzene rings is 1. The van der Waals surface area contributed by atoms with E-state index in [1.807, 2.05) is 0 Å². The molecule has 1 aromatic rings. The smallest absolute Gasteiger partial charge is 0.419 e. The van der Waals surface area contributed by atoms with Crippen LogP contribution < -0.4 is 0 Å². The molecule has 0 aliphatic heterocycles. The van der Waals surface area contributed by atoms with Gasteiger partial charge in [-0.2, -0.15) is 13.2 Å². The first-order chi connectivity index (χ1) is 6.95. The van der Waals surface area contributed by atoms with Crippen LogP contribution in [0.15, 0.2) is 30.5 Å². The predicted octanol–water partition coefficient (Wildman–Crippen LogP) is 3.54. The summed E-state index contributed by atoms with van der Waals surface area (Å²) in [4.78, 5) is 0. The number of halogens is 3. The number of methoxy groups -OCH3 is 1. The molecule has 0 heterocycles. The van der Waals surface area contributed by atoms with E-state index in [9.17, 15) is 13.2 Å². The molecule has 1 nitrogen and oxygen atoms in total. The van der Waals surface area contributed by atoms with Gasteiger partial charge >= 0.3 is 6.18 Å². The van der Waals surface area contributed by atoms with E-state index in [0.29, 0.717) is 0 Å². The van der Waals surface area contributed by atoms with Gasteiger partial charge in [0.1, 0.15) is 0 Å². The molecule has 0 aromatic heterocycles. The van der Waals surface area contributed by atoms with Crippen LogP contribution in [0.5, 0.6) is 0 Å². The Balaban J connectivity index is 3.17. The number of hydrogen-bond acceptors (Lipinski definition) is 1. The average Bonchev–Trinajstić information content (AvgIpc) is 2.12. The summed E-state index contributed by atoms with van der Waals surface area (Å²) in [7, 11) is 1.20. The topological polar surface area (TPSA) is 9.23 Å². The van der Waals surface area contributed by atoms with Crippen molar-refractivity contribution in [1.29, 1.82) is 0 Å². The average molecular weight is 216 g/mol. The molecule has 0 aliphatic rings. The fraction of sp³-hybridized carbons (Fsp3) is 0.273. The fourth-order valence-electron chi connectivity index (χ4n) is 1.23. The van der Waals surface area contributed by atoms with Crippen molar-refractivity contribution >= 4 is 5.57 Å². The first-order valence-corrected chi connectivity index (χ1v) is 4.32. The summed E-state index contributed by atoms with van der Waals surface area (Å²) < 4.78 is 42.2. The lowest BCUT2D eigenvalue weighted by molar-refractivity contribution is -0.0701. The molecule has 0 saturated heterocycles. The van der Waals surface area contributed by atoms with Crippen molar-refractivity contribution < 1.29 is 17.9 Å². The van der Waals surface area contributed by atoms with Crippen LogP contribution in [0, 0.1) is 6.92 Å². The Hall–Kier alpha value is -1.45. The maximum atomic E-state index is 12.6. The Bertz CT molecular complexity index is 366. The highest BCUT2D eigenvalue weighted by molar-refractivity contribution is 5.69. The highest BCUT2D eigenvalue weighted by Crippen LogP contribution is 2.33. The first kappa shape index (κ1) is 11.6. The lowest BCUT2D eigenvalue weighted by atomic mass is 10.0. The number of ether oxygens (including phenoxy) is 1. The summed E-state index contributed by atoms with van der Waals surface area (Å²) in [6, 6.07) is 6.20. The number of alkyl halides is 3. The summed E-state index contributed by atoms with van der Waals surface area (Å²) in [6.07, 6.45) is -3.68. The second-order valence-corrected chi connectivity index (χ2v) is 3.13. The molecule has 1 rings (SSSR count).